The van der Waals surface area contributed by atoms with Crippen molar-refractivity contribution < 1.29 is 22.4 Å². The van der Waals surface area contributed by atoms with Crippen LogP contribution in [0.5, 0.6) is 0 Å². The molecule has 9 nitrogen and oxygen atoms in total. The van der Waals surface area contributed by atoms with Crippen molar-refractivity contribution in [2.45, 2.75) is 68.9 Å². The number of benzene rings is 1. The lowest BCUT2D eigenvalue weighted by molar-refractivity contribution is -0.141. The van der Waals surface area contributed by atoms with Crippen LogP contribution in [0.15, 0.2) is 47.3 Å². The third-order valence-corrected chi connectivity index (χ3v) is 8.59. The van der Waals surface area contributed by atoms with Crippen molar-refractivity contribution in [1.29, 1.82) is 0 Å². The first-order chi connectivity index (χ1) is 19.2. The molecule has 2 aliphatic carbocycles. The van der Waals surface area contributed by atoms with Gasteiger partial charge in [-0.05, 0) is 43.7 Å². The van der Waals surface area contributed by atoms with E-state index in [1.165, 1.54) is 6.20 Å². The second-order valence-electron chi connectivity index (χ2n) is 11.1. The van der Waals surface area contributed by atoms with Crippen molar-refractivity contribution in [3.8, 4) is 11.3 Å². The highest BCUT2D eigenvalue weighted by molar-refractivity contribution is 5.93. The number of hydrogen-bond acceptors (Lipinski definition) is 8. The van der Waals surface area contributed by atoms with Gasteiger partial charge < -0.3 is 25.3 Å². The topological polar surface area (TPSA) is 113 Å². The first kappa shape index (κ1) is 26.5. The van der Waals surface area contributed by atoms with Crippen molar-refractivity contribution >= 4 is 17.7 Å². The van der Waals surface area contributed by atoms with E-state index in [1.807, 2.05) is 13.1 Å². The molecule has 3 fully saturated rings. The van der Waals surface area contributed by atoms with Crippen LogP contribution in [-0.4, -0.2) is 58.6 Å². The number of oxazole rings is 1. The van der Waals surface area contributed by atoms with Gasteiger partial charge >= 0.3 is 6.18 Å². The summed E-state index contributed by atoms with van der Waals surface area (Å²) in [5.41, 5.74) is 5.59. The highest BCUT2D eigenvalue weighted by Gasteiger charge is 2.47. The largest absolute Gasteiger partial charge is 0.434 e. The molecule has 0 unspecified atom stereocenters. The molecule has 212 valence electrons. The number of carbonyl (C=O) groups is 1. The Hall–Kier alpha value is -3.67. The van der Waals surface area contributed by atoms with Crippen molar-refractivity contribution in [1.82, 2.24) is 20.3 Å². The molecule has 0 radical (unpaired) electrons. The van der Waals surface area contributed by atoms with Gasteiger partial charge in [0, 0.05) is 48.9 Å². The van der Waals surface area contributed by atoms with Crippen molar-refractivity contribution in [2.75, 3.05) is 23.4 Å². The molecule has 3 heterocycles. The quantitative estimate of drug-likeness (QED) is 0.445. The predicted molar refractivity (Wildman–Crippen MR) is 143 cm³/mol. The zero-order valence-corrected chi connectivity index (χ0v) is 22.1. The highest BCUT2D eigenvalue weighted by Crippen LogP contribution is 2.41. The molecule has 5 atom stereocenters. The number of nitrogens with zero attached hydrogens (tertiary/aromatic N) is 5. The van der Waals surface area contributed by atoms with Crippen LogP contribution in [0, 0.1) is 5.92 Å². The highest BCUT2D eigenvalue weighted by atomic mass is 19.4. The van der Waals surface area contributed by atoms with Crippen LogP contribution in [0.3, 0.4) is 0 Å². The normalized spacial score (nSPS) is 26.3. The maximum Gasteiger partial charge on any atom is 0.434 e. The van der Waals surface area contributed by atoms with E-state index in [9.17, 15) is 18.0 Å². The number of amides is 1. The van der Waals surface area contributed by atoms with Crippen molar-refractivity contribution in [2.24, 2.45) is 11.7 Å². The Morgan fingerprint density at radius 1 is 1.10 bits per heavy atom. The summed E-state index contributed by atoms with van der Waals surface area (Å²) in [5.74, 6) is 1.03. The first-order valence-electron chi connectivity index (χ1n) is 13.7. The number of fused-ring (bicyclic) bond motifs is 2. The molecule has 1 aromatic carbocycles. The maximum atomic E-state index is 13.0. The fourth-order valence-electron chi connectivity index (χ4n) is 6.66. The van der Waals surface area contributed by atoms with Gasteiger partial charge in [-0.25, -0.2) is 15.0 Å². The molecule has 2 aromatic heterocycles. The number of likely N-dealkylation sites (N-methyl/N-ethyl adjacent to an activating group) is 1. The molecule has 2 saturated carbocycles. The zero-order chi connectivity index (χ0) is 28.0. The Balaban J connectivity index is 1.15. The standard InChI is InChI=1S/C28H32F3N7O2/c1-37(27-35-12-23(40-27)17-5-4-6-18(11-17)26(32)39)21-8-3-2-7-19(21)36-20-9-16-10-22(20)38(15-16)25-14-33-24(13-34-25)28(29,30)31/h4-6,11-14,16,19-22,36H,2-3,7-10,15H2,1H3,(H2,32,39)/t16-,19-,20+,21-,22-/m1/s1. The van der Waals surface area contributed by atoms with Crippen LogP contribution in [0.4, 0.5) is 25.0 Å². The number of anilines is 2. The second kappa shape index (κ2) is 10.4. The average molecular weight is 556 g/mol. The summed E-state index contributed by atoms with van der Waals surface area (Å²) in [5, 5.41) is 3.91. The summed E-state index contributed by atoms with van der Waals surface area (Å²) >= 11 is 0. The third kappa shape index (κ3) is 5.12. The van der Waals surface area contributed by atoms with Crippen LogP contribution < -0.4 is 20.9 Å². The van der Waals surface area contributed by atoms with Crippen LogP contribution >= 0.6 is 0 Å². The second-order valence-corrected chi connectivity index (χ2v) is 11.1. The van der Waals surface area contributed by atoms with Crippen molar-refractivity contribution in [3.63, 3.8) is 0 Å². The summed E-state index contributed by atoms with van der Waals surface area (Å²) in [6.07, 6.45) is 5.47. The number of hydrogen-bond donors (Lipinski definition) is 2. The van der Waals surface area contributed by atoms with Gasteiger partial charge in [-0.3, -0.25) is 4.79 Å². The van der Waals surface area contributed by atoms with Gasteiger partial charge in [0.05, 0.1) is 18.6 Å². The minimum atomic E-state index is -4.50. The number of carbonyl (C=O) groups excluding carboxylic acids is 1. The Bertz CT molecular complexity index is 1360. The van der Waals surface area contributed by atoms with Gasteiger partial charge in [0.15, 0.2) is 11.5 Å². The summed E-state index contributed by atoms with van der Waals surface area (Å²) in [6.45, 7) is 0.785. The third-order valence-electron chi connectivity index (χ3n) is 8.59. The van der Waals surface area contributed by atoms with Gasteiger partial charge in [0.1, 0.15) is 5.82 Å². The molecule has 12 heteroatoms. The van der Waals surface area contributed by atoms with Gasteiger partial charge in [0.25, 0.3) is 6.01 Å². The molecular weight excluding hydrogens is 523 g/mol. The molecule has 1 amide bonds. The number of piperidine rings is 1. The maximum absolute atomic E-state index is 13.0. The number of aromatic nitrogens is 3. The fraction of sp³-hybridized carbons (Fsp3) is 0.500. The Morgan fingerprint density at radius 3 is 2.65 bits per heavy atom. The van der Waals surface area contributed by atoms with E-state index in [0.717, 1.165) is 56.8 Å². The molecule has 3 aliphatic rings. The summed E-state index contributed by atoms with van der Waals surface area (Å²) in [4.78, 5) is 28.1. The van der Waals surface area contributed by atoms with Gasteiger partial charge in [-0.2, -0.15) is 13.2 Å². The molecule has 1 aliphatic heterocycles. The van der Waals surface area contributed by atoms with Crippen LogP contribution in [0.25, 0.3) is 11.3 Å². The van der Waals surface area contributed by atoms with Crippen LogP contribution in [0.2, 0.25) is 0 Å². The average Bonchev–Trinajstić information content (AvgIpc) is 3.69. The smallest absolute Gasteiger partial charge is 0.423 e. The first-order valence-corrected chi connectivity index (χ1v) is 13.7. The van der Waals surface area contributed by atoms with Gasteiger partial charge in [-0.1, -0.05) is 25.0 Å². The minimum Gasteiger partial charge on any atom is -0.423 e. The molecule has 2 bridgehead atoms. The molecule has 6 rings (SSSR count). The minimum absolute atomic E-state index is 0.162. The van der Waals surface area contributed by atoms with E-state index >= 15 is 0 Å². The summed E-state index contributed by atoms with van der Waals surface area (Å²) in [7, 11) is 1.99. The van der Waals surface area contributed by atoms with Crippen LogP contribution in [-0.2, 0) is 6.18 Å². The van der Waals surface area contributed by atoms with E-state index in [0.29, 0.717) is 29.1 Å². The molecule has 40 heavy (non-hydrogen) atoms. The monoisotopic (exact) mass is 555 g/mol. The van der Waals surface area contributed by atoms with Gasteiger partial charge in [-0.15, -0.1) is 0 Å². The molecular formula is C28H32F3N7O2. The summed E-state index contributed by atoms with van der Waals surface area (Å²) in [6, 6.07) is 8.21. The lowest BCUT2D eigenvalue weighted by Crippen LogP contribution is -2.58. The lowest BCUT2D eigenvalue weighted by Gasteiger charge is -2.42. The van der Waals surface area contributed by atoms with Crippen molar-refractivity contribution in [3.05, 3.63) is 54.1 Å². The number of rotatable bonds is 7. The Labute approximate surface area is 230 Å². The molecule has 1 saturated heterocycles. The number of alkyl halides is 3. The number of primary amides is 1. The van der Waals surface area contributed by atoms with E-state index in [1.54, 1.807) is 24.4 Å². The number of halogens is 3. The molecule has 0 spiro atoms. The van der Waals surface area contributed by atoms with E-state index in [4.69, 9.17) is 10.2 Å². The van der Waals surface area contributed by atoms with E-state index in [-0.39, 0.29) is 24.2 Å². The zero-order valence-electron chi connectivity index (χ0n) is 22.1. The number of nitrogens with two attached hydrogens (primary N) is 1. The molecule has 3 N–H and O–H groups in total. The SMILES string of the molecule is CN(c1ncc(-c2cccc(C(N)=O)c2)o1)[C@@H]1CCCC[C@H]1N[C@H]1C[C@@H]2C[C@H]1N(c1cnc(C(F)(F)F)cn1)C2. The van der Waals surface area contributed by atoms with E-state index < -0.39 is 17.8 Å². The Morgan fingerprint density at radius 2 is 1.93 bits per heavy atom. The van der Waals surface area contributed by atoms with Crippen LogP contribution in [0.1, 0.15) is 54.6 Å². The Kier molecular flexibility index (Phi) is 6.89. The number of nitrogens with one attached hydrogen (secondary N) is 1. The lowest BCUT2D eigenvalue weighted by atomic mass is 9.88. The predicted octanol–water partition coefficient (Wildman–Crippen LogP) is 4.25. The molecule has 3 aromatic rings. The van der Waals surface area contributed by atoms with E-state index in [2.05, 4.69) is 30.1 Å². The fourth-order valence-corrected chi connectivity index (χ4v) is 6.66. The van der Waals surface area contributed by atoms with Gasteiger partial charge in [0.2, 0.25) is 5.91 Å². The summed E-state index contributed by atoms with van der Waals surface area (Å²) < 4.78 is 45.0.